The Labute approximate surface area is 151 Å². The molecule has 0 heterocycles. The van der Waals surface area contributed by atoms with Crippen LogP contribution in [0.1, 0.15) is 11.1 Å². The van der Waals surface area contributed by atoms with Crippen LogP contribution in [0.3, 0.4) is 0 Å². The molecule has 5 nitrogen and oxygen atoms in total. The van der Waals surface area contributed by atoms with Crippen molar-refractivity contribution in [1.82, 2.24) is 10.6 Å². The van der Waals surface area contributed by atoms with E-state index in [1.165, 1.54) is 6.20 Å². The van der Waals surface area contributed by atoms with E-state index in [0.717, 1.165) is 16.9 Å². The van der Waals surface area contributed by atoms with Crippen molar-refractivity contribution in [1.29, 1.82) is 5.26 Å². The monoisotopic (exact) mass is 355 g/mol. The smallest absolute Gasteiger partial charge is 0.263 e. The lowest BCUT2D eigenvalue weighted by Gasteiger charge is -2.07. The number of nitrogens with zero attached hydrogens (tertiary/aromatic N) is 1. The van der Waals surface area contributed by atoms with E-state index >= 15 is 0 Å². The highest BCUT2D eigenvalue weighted by Crippen LogP contribution is 2.14. The van der Waals surface area contributed by atoms with Crippen molar-refractivity contribution in [3.05, 3.63) is 76.5 Å². The largest absolute Gasteiger partial charge is 0.497 e. The zero-order chi connectivity index (χ0) is 18.1. The fourth-order valence-corrected chi connectivity index (χ4v) is 2.32. The number of benzene rings is 2. The van der Waals surface area contributed by atoms with Gasteiger partial charge >= 0.3 is 0 Å². The molecule has 0 aromatic heterocycles. The van der Waals surface area contributed by atoms with Gasteiger partial charge in [-0.3, -0.25) is 4.79 Å². The highest BCUT2D eigenvalue weighted by Gasteiger charge is 2.09. The molecule has 2 N–H and O–H groups in total. The van der Waals surface area contributed by atoms with Crippen LogP contribution in [0.25, 0.3) is 0 Å². The van der Waals surface area contributed by atoms with Gasteiger partial charge in [-0.05, 0) is 29.3 Å². The molecule has 0 atom stereocenters. The van der Waals surface area contributed by atoms with Crippen LogP contribution < -0.4 is 15.4 Å². The van der Waals surface area contributed by atoms with Gasteiger partial charge in [0, 0.05) is 24.3 Å². The lowest BCUT2D eigenvalue weighted by atomic mass is 10.2. The lowest BCUT2D eigenvalue weighted by Crippen LogP contribution is -2.25. The van der Waals surface area contributed by atoms with Crippen molar-refractivity contribution >= 4 is 17.5 Å². The summed E-state index contributed by atoms with van der Waals surface area (Å²) in [7, 11) is 1.60. The first-order valence-electron chi connectivity index (χ1n) is 7.62. The van der Waals surface area contributed by atoms with E-state index in [1.807, 2.05) is 48.5 Å². The van der Waals surface area contributed by atoms with Crippen molar-refractivity contribution < 1.29 is 9.53 Å². The van der Waals surface area contributed by atoms with Crippen LogP contribution in [0.4, 0.5) is 0 Å². The van der Waals surface area contributed by atoms with Gasteiger partial charge in [-0.1, -0.05) is 41.9 Å². The molecular formula is C19H18ClN3O2. The van der Waals surface area contributed by atoms with Crippen LogP contribution in [0, 0.1) is 11.3 Å². The van der Waals surface area contributed by atoms with Gasteiger partial charge in [0.1, 0.15) is 17.4 Å². The number of nitriles is 1. The maximum absolute atomic E-state index is 12.1. The highest BCUT2D eigenvalue weighted by molar-refractivity contribution is 6.31. The van der Waals surface area contributed by atoms with Crippen molar-refractivity contribution in [2.45, 2.75) is 13.1 Å². The standard InChI is InChI=1S/C19H18ClN3O2/c1-25-17-7-4-5-14(9-17)11-22-12-16(10-21)19(24)23-13-15-6-2-3-8-18(15)20/h2-9,12,22H,11,13H2,1H3,(H,23,24)/b16-12-. The van der Waals surface area contributed by atoms with Crippen LogP contribution in [0.2, 0.25) is 5.02 Å². The molecule has 2 aromatic carbocycles. The number of carbonyl (C=O) groups is 1. The molecule has 0 aliphatic carbocycles. The summed E-state index contributed by atoms with van der Waals surface area (Å²) in [6.45, 7) is 0.730. The Hall–Kier alpha value is -2.97. The third kappa shape index (κ3) is 5.55. The third-order valence-corrected chi connectivity index (χ3v) is 3.82. The molecule has 0 saturated carbocycles. The second-order valence-electron chi connectivity index (χ2n) is 5.18. The summed E-state index contributed by atoms with van der Waals surface area (Å²) in [6.07, 6.45) is 1.40. The Balaban J connectivity index is 1.91. The van der Waals surface area contributed by atoms with Gasteiger partial charge in [0.05, 0.1) is 7.11 Å². The molecule has 0 aliphatic rings. The Morgan fingerprint density at radius 1 is 1.24 bits per heavy atom. The van der Waals surface area contributed by atoms with Crippen LogP contribution in [0.15, 0.2) is 60.3 Å². The summed E-state index contributed by atoms with van der Waals surface area (Å²) in [5, 5.41) is 15.4. The molecule has 128 valence electrons. The Bertz CT molecular complexity index is 812. The summed E-state index contributed by atoms with van der Waals surface area (Å²) < 4.78 is 5.15. The van der Waals surface area contributed by atoms with Gasteiger partial charge in [0.15, 0.2) is 0 Å². The average Bonchev–Trinajstić information content (AvgIpc) is 2.64. The highest BCUT2D eigenvalue weighted by atomic mass is 35.5. The maximum Gasteiger partial charge on any atom is 0.263 e. The minimum Gasteiger partial charge on any atom is -0.497 e. The zero-order valence-electron chi connectivity index (χ0n) is 13.8. The van der Waals surface area contributed by atoms with Gasteiger partial charge in [0.2, 0.25) is 0 Å². The van der Waals surface area contributed by atoms with Crippen molar-refractivity contribution in [2.75, 3.05) is 7.11 Å². The number of methoxy groups -OCH3 is 1. The predicted octanol–water partition coefficient (Wildman–Crippen LogP) is 3.16. The number of hydrogen-bond acceptors (Lipinski definition) is 4. The third-order valence-electron chi connectivity index (χ3n) is 3.45. The molecule has 2 rings (SSSR count). The van der Waals surface area contributed by atoms with Gasteiger partial charge in [-0.15, -0.1) is 0 Å². The predicted molar refractivity (Wildman–Crippen MR) is 96.8 cm³/mol. The molecule has 0 spiro atoms. The summed E-state index contributed by atoms with van der Waals surface area (Å²) in [5.74, 6) is 0.293. The topological polar surface area (TPSA) is 74.1 Å². The average molecular weight is 356 g/mol. The van der Waals surface area contributed by atoms with Gasteiger partial charge < -0.3 is 15.4 Å². The Kier molecular flexibility index (Phi) is 6.87. The van der Waals surface area contributed by atoms with E-state index in [9.17, 15) is 4.79 Å². The summed E-state index contributed by atoms with van der Waals surface area (Å²) >= 11 is 6.04. The number of halogens is 1. The number of carbonyl (C=O) groups excluding carboxylic acids is 1. The molecular weight excluding hydrogens is 338 g/mol. The summed E-state index contributed by atoms with van der Waals surface area (Å²) in [6, 6.07) is 16.6. The van der Waals surface area contributed by atoms with Gasteiger partial charge in [0.25, 0.3) is 5.91 Å². The summed E-state index contributed by atoms with van der Waals surface area (Å²) in [4.78, 5) is 12.1. The molecule has 0 radical (unpaired) electrons. The molecule has 0 fully saturated rings. The molecule has 1 amide bonds. The van der Waals surface area contributed by atoms with Crippen LogP contribution >= 0.6 is 11.6 Å². The van der Waals surface area contributed by atoms with Crippen LogP contribution in [0.5, 0.6) is 5.75 Å². The molecule has 0 saturated heterocycles. The molecule has 6 heteroatoms. The fraction of sp³-hybridized carbons (Fsp3) is 0.158. The van der Waals surface area contributed by atoms with Crippen LogP contribution in [-0.4, -0.2) is 13.0 Å². The van der Waals surface area contributed by atoms with E-state index < -0.39 is 5.91 Å². The van der Waals surface area contributed by atoms with E-state index in [0.29, 0.717) is 11.6 Å². The van der Waals surface area contributed by atoms with Crippen molar-refractivity contribution in [3.8, 4) is 11.8 Å². The summed E-state index contributed by atoms with van der Waals surface area (Å²) in [5.41, 5.74) is 1.76. The maximum atomic E-state index is 12.1. The van der Waals surface area contributed by atoms with Gasteiger partial charge in [-0.25, -0.2) is 0 Å². The minimum absolute atomic E-state index is 0.00468. The zero-order valence-corrected chi connectivity index (χ0v) is 14.5. The normalized spacial score (nSPS) is 10.7. The molecule has 2 aromatic rings. The fourth-order valence-electron chi connectivity index (χ4n) is 2.11. The first-order chi connectivity index (χ1) is 12.1. The van der Waals surface area contributed by atoms with E-state index in [1.54, 1.807) is 13.2 Å². The minimum atomic E-state index is -0.458. The van der Waals surface area contributed by atoms with Crippen LogP contribution in [-0.2, 0) is 17.9 Å². The quantitative estimate of drug-likeness (QED) is 0.591. The number of ether oxygens (including phenoxy) is 1. The Morgan fingerprint density at radius 2 is 2.04 bits per heavy atom. The number of rotatable bonds is 7. The first-order valence-corrected chi connectivity index (χ1v) is 8.00. The van der Waals surface area contributed by atoms with E-state index in [-0.39, 0.29) is 12.1 Å². The van der Waals surface area contributed by atoms with Crippen molar-refractivity contribution in [3.63, 3.8) is 0 Å². The molecule has 0 unspecified atom stereocenters. The lowest BCUT2D eigenvalue weighted by molar-refractivity contribution is -0.117. The van der Waals surface area contributed by atoms with Gasteiger partial charge in [-0.2, -0.15) is 5.26 Å². The number of amides is 1. The Morgan fingerprint density at radius 3 is 2.76 bits per heavy atom. The number of nitrogens with one attached hydrogen (secondary N) is 2. The van der Waals surface area contributed by atoms with Crippen molar-refractivity contribution in [2.24, 2.45) is 0 Å². The number of hydrogen-bond donors (Lipinski definition) is 2. The molecule has 0 bridgehead atoms. The first kappa shape index (κ1) is 18.4. The second kappa shape index (κ2) is 9.36. The second-order valence-corrected chi connectivity index (χ2v) is 5.58. The molecule has 25 heavy (non-hydrogen) atoms. The van der Waals surface area contributed by atoms with E-state index in [4.69, 9.17) is 21.6 Å². The SMILES string of the molecule is COc1cccc(CN/C=C(/C#N)C(=O)NCc2ccccc2Cl)c1. The van der Waals surface area contributed by atoms with E-state index in [2.05, 4.69) is 10.6 Å². The molecule has 0 aliphatic heterocycles.